The zero-order valence-corrected chi connectivity index (χ0v) is 14.6. The molecule has 0 saturated carbocycles. The summed E-state index contributed by atoms with van der Waals surface area (Å²) >= 11 is 0. The number of ether oxygens (including phenoxy) is 1. The van der Waals surface area contributed by atoms with Crippen LogP contribution in [0.2, 0.25) is 0 Å². The van der Waals surface area contributed by atoms with E-state index in [1.807, 2.05) is 49.5 Å². The van der Waals surface area contributed by atoms with Gasteiger partial charge in [-0.3, -0.25) is 0 Å². The maximum Gasteiger partial charge on any atom is 0.319 e. The number of carbonyl (C=O) groups is 1. The Kier molecular flexibility index (Phi) is 5.90. The number of amides is 2. The Labute approximate surface area is 149 Å². The lowest BCUT2D eigenvalue weighted by atomic mass is 10.1. The highest BCUT2D eigenvalue weighted by Gasteiger charge is 2.17. The molecular formula is C20H25N3O2. The molecule has 1 heterocycles. The van der Waals surface area contributed by atoms with Crippen LogP contribution in [0.3, 0.4) is 0 Å². The number of anilines is 2. The van der Waals surface area contributed by atoms with E-state index in [0.717, 1.165) is 37.6 Å². The molecule has 0 unspecified atom stereocenters. The number of para-hydroxylation sites is 2. The average molecular weight is 339 g/mol. The van der Waals surface area contributed by atoms with Gasteiger partial charge in [0.1, 0.15) is 0 Å². The molecule has 2 N–H and O–H groups in total. The Morgan fingerprint density at radius 3 is 2.68 bits per heavy atom. The molecule has 0 bridgehead atoms. The van der Waals surface area contributed by atoms with Crippen molar-refractivity contribution >= 4 is 17.4 Å². The summed E-state index contributed by atoms with van der Waals surface area (Å²) in [6.45, 7) is 2.95. The summed E-state index contributed by atoms with van der Waals surface area (Å²) in [7, 11) is 2.03. The van der Waals surface area contributed by atoms with E-state index in [1.165, 1.54) is 5.56 Å². The SMILES string of the molecule is CN(Cc1ccccc1)c1ccccc1NC(=O)NC[C@H]1CCOC1. The molecule has 2 amide bonds. The van der Waals surface area contributed by atoms with Gasteiger partial charge >= 0.3 is 6.03 Å². The van der Waals surface area contributed by atoms with Crippen molar-refractivity contribution in [2.45, 2.75) is 13.0 Å². The predicted molar refractivity (Wildman–Crippen MR) is 101 cm³/mol. The van der Waals surface area contributed by atoms with Gasteiger partial charge in [0.2, 0.25) is 0 Å². The number of rotatable bonds is 6. The van der Waals surface area contributed by atoms with Crippen molar-refractivity contribution in [3.05, 3.63) is 60.2 Å². The highest BCUT2D eigenvalue weighted by molar-refractivity contribution is 5.93. The van der Waals surface area contributed by atoms with Crippen molar-refractivity contribution in [3.8, 4) is 0 Å². The highest BCUT2D eigenvalue weighted by atomic mass is 16.5. The fourth-order valence-corrected chi connectivity index (χ4v) is 3.00. The molecule has 2 aromatic carbocycles. The summed E-state index contributed by atoms with van der Waals surface area (Å²) in [5, 5.41) is 5.91. The van der Waals surface area contributed by atoms with E-state index in [1.54, 1.807) is 0 Å². The molecule has 5 nitrogen and oxygen atoms in total. The Bertz CT molecular complexity index is 684. The second-order valence-corrected chi connectivity index (χ2v) is 6.42. The fraction of sp³-hybridized carbons (Fsp3) is 0.350. The van der Waals surface area contributed by atoms with Gasteiger partial charge in [0.15, 0.2) is 0 Å². The van der Waals surface area contributed by atoms with Gasteiger partial charge in [-0.2, -0.15) is 0 Å². The van der Waals surface area contributed by atoms with Crippen molar-refractivity contribution < 1.29 is 9.53 Å². The summed E-state index contributed by atoms with van der Waals surface area (Å²) in [5.74, 6) is 0.418. The zero-order chi connectivity index (χ0) is 17.5. The van der Waals surface area contributed by atoms with Crippen molar-refractivity contribution in [2.75, 3.05) is 37.0 Å². The maximum absolute atomic E-state index is 12.2. The summed E-state index contributed by atoms with van der Waals surface area (Å²) in [4.78, 5) is 14.4. The van der Waals surface area contributed by atoms with Crippen molar-refractivity contribution in [2.24, 2.45) is 5.92 Å². The molecule has 2 aromatic rings. The molecule has 5 heteroatoms. The molecule has 1 atom stereocenters. The molecular weight excluding hydrogens is 314 g/mol. The van der Waals surface area contributed by atoms with Crippen LogP contribution in [0.1, 0.15) is 12.0 Å². The van der Waals surface area contributed by atoms with Gasteiger partial charge in [0.05, 0.1) is 18.0 Å². The number of nitrogens with zero attached hydrogens (tertiary/aromatic N) is 1. The third-order valence-electron chi connectivity index (χ3n) is 4.40. The average Bonchev–Trinajstić information content (AvgIpc) is 3.15. The van der Waals surface area contributed by atoms with Gasteiger partial charge in [-0.25, -0.2) is 4.79 Å². The van der Waals surface area contributed by atoms with E-state index in [2.05, 4.69) is 27.7 Å². The van der Waals surface area contributed by atoms with Crippen LogP contribution >= 0.6 is 0 Å². The van der Waals surface area contributed by atoms with E-state index < -0.39 is 0 Å². The highest BCUT2D eigenvalue weighted by Crippen LogP contribution is 2.25. The van der Waals surface area contributed by atoms with E-state index >= 15 is 0 Å². The van der Waals surface area contributed by atoms with Gasteiger partial charge in [0, 0.05) is 32.7 Å². The molecule has 0 radical (unpaired) electrons. The molecule has 0 aromatic heterocycles. The van der Waals surface area contributed by atoms with Gasteiger partial charge in [-0.05, 0) is 24.1 Å². The lowest BCUT2D eigenvalue weighted by Crippen LogP contribution is -2.33. The van der Waals surface area contributed by atoms with Crippen molar-refractivity contribution in [1.29, 1.82) is 0 Å². The Hall–Kier alpha value is -2.53. The standard InChI is InChI=1S/C20H25N3O2/c1-23(14-16-7-3-2-4-8-16)19-10-6-5-9-18(19)22-20(24)21-13-17-11-12-25-15-17/h2-10,17H,11-15H2,1H3,(H2,21,22,24)/t17-/m1/s1. The molecule has 0 aliphatic carbocycles. The minimum Gasteiger partial charge on any atom is -0.381 e. The Morgan fingerprint density at radius 2 is 1.92 bits per heavy atom. The van der Waals surface area contributed by atoms with Gasteiger partial charge in [-0.15, -0.1) is 0 Å². The minimum absolute atomic E-state index is 0.174. The largest absolute Gasteiger partial charge is 0.381 e. The van der Waals surface area contributed by atoms with Gasteiger partial charge in [-0.1, -0.05) is 42.5 Å². The van der Waals surface area contributed by atoms with Crippen LogP contribution in [0.15, 0.2) is 54.6 Å². The lowest BCUT2D eigenvalue weighted by molar-refractivity contribution is 0.185. The number of hydrogen-bond donors (Lipinski definition) is 2. The second kappa shape index (κ2) is 8.53. The minimum atomic E-state index is -0.174. The molecule has 3 rings (SSSR count). The first-order valence-corrected chi connectivity index (χ1v) is 8.69. The zero-order valence-electron chi connectivity index (χ0n) is 14.6. The quantitative estimate of drug-likeness (QED) is 0.847. The summed E-state index contributed by atoms with van der Waals surface area (Å²) in [5.41, 5.74) is 3.03. The number of benzene rings is 2. The van der Waals surface area contributed by atoms with E-state index in [0.29, 0.717) is 12.5 Å². The third kappa shape index (κ3) is 4.97. The fourth-order valence-electron chi connectivity index (χ4n) is 3.00. The van der Waals surface area contributed by atoms with Crippen molar-refractivity contribution in [3.63, 3.8) is 0 Å². The maximum atomic E-state index is 12.2. The molecule has 1 fully saturated rings. The van der Waals surface area contributed by atoms with Gasteiger partial charge < -0.3 is 20.3 Å². The van der Waals surface area contributed by atoms with Crippen LogP contribution in [0.4, 0.5) is 16.2 Å². The lowest BCUT2D eigenvalue weighted by Gasteiger charge is -2.23. The van der Waals surface area contributed by atoms with Crippen molar-refractivity contribution in [1.82, 2.24) is 5.32 Å². The normalized spacial score (nSPS) is 16.4. The van der Waals surface area contributed by atoms with Crippen LogP contribution in [0.25, 0.3) is 0 Å². The second-order valence-electron chi connectivity index (χ2n) is 6.42. The first-order valence-electron chi connectivity index (χ1n) is 8.69. The topological polar surface area (TPSA) is 53.6 Å². The monoisotopic (exact) mass is 339 g/mol. The van der Waals surface area contributed by atoms with E-state index in [9.17, 15) is 4.79 Å². The first-order chi connectivity index (χ1) is 12.2. The number of hydrogen-bond acceptors (Lipinski definition) is 3. The molecule has 25 heavy (non-hydrogen) atoms. The molecule has 0 spiro atoms. The van der Waals surface area contributed by atoms with Crippen LogP contribution in [-0.2, 0) is 11.3 Å². The predicted octanol–water partition coefficient (Wildman–Crippen LogP) is 3.48. The molecule has 1 saturated heterocycles. The third-order valence-corrected chi connectivity index (χ3v) is 4.40. The van der Waals surface area contributed by atoms with Gasteiger partial charge in [0.25, 0.3) is 0 Å². The Balaban J connectivity index is 1.60. The van der Waals surface area contributed by atoms with Crippen LogP contribution in [0, 0.1) is 5.92 Å². The van der Waals surface area contributed by atoms with Crippen LogP contribution < -0.4 is 15.5 Å². The molecule has 1 aliphatic heterocycles. The number of carbonyl (C=O) groups excluding carboxylic acids is 1. The molecule has 132 valence electrons. The Morgan fingerprint density at radius 1 is 1.16 bits per heavy atom. The van der Waals surface area contributed by atoms with Crippen LogP contribution in [0.5, 0.6) is 0 Å². The number of nitrogens with one attached hydrogen (secondary N) is 2. The summed E-state index contributed by atoms with van der Waals surface area (Å²) < 4.78 is 5.34. The summed E-state index contributed by atoms with van der Waals surface area (Å²) in [6.07, 6.45) is 1.01. The van der Waals surface area contributed by atoms with E-state index in [4.69, 9.17) is 4.74 Å². The van der Waals surface area contributed by atoms with Crippen LogP contribution in [-0.4, -0.2) is 32.8 Å². The smallest absolute Gasteiger partial charge is 0.319 e. The van der Waals surface area contributed by atoms with E-state index in [-0.39, 0.29) is 6.03 Å². The summed E-state index contributed by atoms with van der Waals surface area (Å²) in [6, 6.07) is 18.0. The molecule has 1 aliphatic rings. The number of urea groups is 1. The first kappa shape index (κ1) is 17.3.